The summed E-state index contributed by atoms with van der Waals surface area (Å²) in [4.78, 5) is 28.0. The molecular weight excluding hydrogens is 360 g/mol. The van der Waals surface area contributed by atoms with Gasteiger partial charge in [0.15, 0.2) is 0 Å². The standard InChI is InChI=1S/C25H34N2O2/c1-7-22(24(29)26-25(4,5)6)27(17-20-13-11-18(2)12-14-20)23(28)16-21-10-8-9-19(3)15-21/h8-15,22H,7,16-17H2,1-6H3,(H,26,29). The Labute approximate surface area is 175 Å². The summed E-state index contributed by atoms with van der Waals surface area (Å²) in [7, 11) is 0. The van der Waals surface area contributed by atoms with Crippen LogP contribution in [0, 0.1) is 13.8 Å². The first kappa shape index (κ1) is 22.7. The molecule has 2 amide bonds. The molecule has 2 aromatic rings. The Kier molecular flexibility index (Phi) is 7.60. The van der Waals surface area contributed by atoms with Crippen molar-refractivity contribution in [2.75, 3.05) is 0 Å². The predicted octanol–water partition coefficient (Wildman–Crippen LogP) is 4.57. The van der Waals surface area contributed by atoms with E-state index in [-0.39, 0.29) is 23.8 Å². The number of carbonyl (C=O) groups is 2. The lowest BCUT2D eigenvalue weighted by Gasteiger charge is -2.33. The van der Waals surface area contributed by atoms with Gasteiger partial charge in [0.2, 0.25) is 11.8 Å². The van der Waals surface area contributed by atoms with E-state index in [0.717, 1.165) is 16.7 Å². The molecule has 0 fully saturated rings. The van der Waals surface area contributed by atoms with Crippen molar-refractivity contribution in [3.63, 3.8) is 0 Å². The maximum Gasteiger partial charge on any atom is 0.243 e. The summed E-state index contributed by atoms with van der Waals surface area (Å²) in [6, 6.07) is 15.6. The van der Waals surface area contributed by atoms with Crippen LogP contribution >= 0.6 is 0 Å². The fraction of sp³-hybridized carbons (Fsp3) is 0.440. The zero-order valence-electron chi connectivity index (χ0n) is 18.6. The lowest BCUT2D eigenvalue weighted by molar-refractivity contribution is -0.141. The Bertz CT molecular complexity index is 835. The Morgan fingerprint density at radius 3 is 2.17 bits per heavy atom. The third-order valence-electron chi connectivity index (χ3n) is 4.80. The zero-order chi connectivity index (χ0) is 21.6. The molecule has 29 heavy (non-hydrogen) atoms. The van der Waals surface area contributed by atoms with E-state index < -0.39 is 6.04 Å². The Morgan fingerprint density at radius 1 is 0.966 bits per heavy atom. The number of benzene rings is 2. The minimum atomic E-state index is -0.507. The zero-order valence-corrected chi connectivity index (χ0v) is 18.6. The smallest absolute Gasteiger partial charge is 0.243 e. The number of amides is 2. The molecule has 0 saturated heterocycles. The van der Waals surface area contributed by atoms with Crippen LogP contribution in [0.3, 0.4) is 0 Å². The van der Waals surface area contributed by atoms with Crippen molar-refractivity contribution in [2.24, 2.45) is 0 Å². The summed E-state index contributed by atoms with van der Waals surface area (Å²) in [6.07, 6.45) is 0.847. The van der Waals surface area contributed by atoms with E-state index in [2.05, 4.69) is 5.32 Å². The molecule has 2 rings (SSSR count). The predicted molar refractivity (Wildman–Crippen MR) is 119 cm³/mol. The Hall–Kier alpha value is -2.62. The highest BCUT2D eigenvalue weighted by molar-refractivity contribution is 5.88. The number of nitrogens with one attached hydrogen (secondary N) is 1. The first-order valence-electron chi connectivity index (χ1n) is 10.3. The van der Waals surface area contributed by atoms with E-state index in [1.807, 2.05) is 90.1 Å². The molecule has 4 heteroatoms. The van der Waals surface area contributed by atoms with Crippen LogP contribution in [-0.2, 0) is 22.6 Å². The molecule has 0 aromatic heterocycles. The largest absolute Gasteiger partial charge is 0.350 e. The van der Waals surface area contributed by atoms with Crippen molar-refractivity contribution in [2.45, 2.75) is 72.5 Å². The van der Waals surface area contributed by atoms with Crippen molar-refractivity contribution >= 4 is 11.8 Å². The van der Waals surface area contributed by atoms with E-state index in [1.165, 1.54) is 5.56 Å². The normalized spacial score (nSPS) is 12.3. The molecule has 0 aliphatic rings. The summed E-state index contributed by atoms with van der Waals surface area (Å²) in [5.41, 5.74) is 3.94. The third-order valence-corrected chi connectivity index (χ3v) is 4.80. The molecular formula is C25H34N2O2. The molecule has 1 unspecified atom stereocenters. The van der Waals surface area contributed by atoms with Gasteiger partial charge in [0.1, 0.15) is 6.04 Å². The molecule has 0 spiro atoms. The van der Waals surface area contributed by atoms with E-state index in [9.17, 15) is 9.59 Å². The minimum absolute atomic E-state index is 0.0351. The number of carbonyl (C=O) groups excluding carboxylic acids is 2. The molecule has 0 aliphatic carbocycles. The number of rotatable bonds is 7. The third kappa shape index (κ3) is 7.04. The van der Waals surface area contributed by atoms with Crippen molar-refractivity contribution in [3.05, 3.63) is 70.8 Å². The summed E-state index contributed by atoms with van der Waals surface area (Å²) in [5, 5.41) is 3.04. The van der Waals surface area contributed by atoms with Crippen molar-refractivity contribution in [1.29, 1.82) is 0 Å². The second-order valence-corrected chi connectivity index (χ2v) is 8.84. The highest BCUT2D eigenvalue weighted by Crippen LogP contribution is 2.16. The lowest BCUT2D eigenvalue weighted by Crippen LogP contribution is -2.53. The molecule has 0 saturated carbocycles. The van der Waals surface area contributed by atoms with Gasteiger partial charge in [0, 0.05) is 12.1 Å². The SMILES string of the molecule is CCC(C(=O)NC(C)(C)C)N(Cc1ccc(C)cc1)C(=O)Cc1cccc(C)c1. The van der Waals surface area contributed by atoms with Crippen molar-refractivity contribution < 1.29 is 9.59 Å². The van der Waals surface area contributed by atoms with Gasteiger partial charge in [-0.2, -0.15) is 0 Å². The quantitative estimate of drug-likeness (QED) is 0.748. The number of aryl methyl sites for hydroxylation is 2. The van der Waals surface area contributed by atoms with Crippen LogP contribution in [0.4, 0.5) is 0 Å². The molecule has 156 valence electrons. The van der Waals surface area contributed by atoms with Crippen LogP contribution in [0.25, 0.3) is 0 Å². The fourth-order valence-corrected chi connectivity index (χ4v) is 3.36. The van der Waals surface area contributed by atoms with E-state index >= 15 is 0 Å². The molecule has 0 bridgehead atoms. The number of hydrogen-bond donors (Lipinski definition) is 1. The molecule has 0 radical (unpaired) electrons. The van der Waals surface area contributed by atoms with Gasteiger partial charge in [0.05, 0.1) is 6.42 Å². The van der Waals surface area contributed by atoms with E-state index in [1.54, 1.807) is 4.90 Å². The van der Waals surface area contributed by atoms with Gasteiger partial charge < -0.3 is 10.2 Å². The first-order valence-corrected chi connectivity index (χ1v) is 10.3. The lowest BCUT2D eigenvalue weighted by atomic mass is 10.0. The summed E-state index contributed by atoms with van der Waals surface area (Å²) in [6.45, 7) is 12.3. The minimum Gasteiger partial charge on any atom is -0.350 e. The van der Waals surface area contributed by atoms with Gasteiger partial charge in [-0.05, 0) is 52.2 Å². The van der Waals surface area contributed by atoms with Crippen LogP contribution in [0.1, 0.15) is 56.4 Å². The summed E-state index contributed by atoms with van der Waals surface area (Å²) in [5.74, 6) is -0.142. The second-order valence-electron chi connectivity index (χ2n) is 8.84. The molecule has 0 heterocycles. The second kappa shape index (κ2) is 9.73. The van der Waals surface area contributed by atoms with Crippen LogP contribution in [0.5, 0.6) is 0 Å². The summed E-state index contributed by atoms with van der Waals surface area (Å²) >= 11 is 0. The Balaban J connectivity index is 2.30. The van der Waals surface area contributed by atoms with Gasteiger partial charge in [-0.1, -0.05) is 66.6 Å². The molecule has 2 aromatic carbocycles. The monoisotopic (exact) mass is 394 g/mol. The highest BCUT2D eigenvalue weighted by atomic mass is 16.2. The molecule has 4 nitrogen and oxygen atoms in total. The Morgan fingerprint density at radius 2 is 1.62 bits per heavy atom. The number of hydrogen-bond acceptors (Lipinski definition) is 2. The van der Waals surface area contributed by atoms with Gasteiger partial charge >= 0.3 is 0 Å². The molecule has 1 atom stereocenters. The van der Waals surface area contributed by atoms with Crippen molar-refractivity contribution in [1.82, 2.24) is 10.2 Å². The van der Waals surface area contributed by atoms with Crippen LogP contribution < -0.4 is 5.32 Å². The highest BCUT2D eigenvalue weighted by Gasteiger charge is 2.30. The molecule has 0 aliphatic heterocycles. The van der Waals surface area contributed by atoms with Gasteiger partial charge in [-0.3, -0.25) is 9.59 Å². The summed E-state index contributed by atoms with van der Waals surface area (Å²) < 4.78 is 0. The first-order chi connectivity index (χ1) is 13.6. The average molecular weight is 395 g/mol. The van der Waals surface area contributed by atoms with Crippen molar-refractivity contribution in [3.8, 4) is 0 Å². The van der Waals surface area contributed by atoms with Gasteiger partial charge in [0.25, 0.3) is 0 Å². The topological polar surface area (TPSA) is 49.4 Å². The maximum atomic E-state index is 13.3. The fourth-order valence-electron chi connectivity index (χ4n) is 3.36. The van der Waals surface area contributed by atoms with Crippen LogP contribution in [0.2, 0.25) is 0 Å². The van der Waals surface area contributed by atoms with Gasteiger partial charge in [-0.25, -0.2) is 0 Å². The average Bonchev–Trinajstić information content (AvgIpc) is 2.61. The van der Waals surface area contributed by atoms with E-state index in [0.29, 0.717) is 13.0 Å². The van der Waals surface area contributed by atoms with Crippen LogP contribution in [0.15, 0.2) is 48.5 Å². The van der Waals surface area contributed by atoms with E-state index in [4.69, 9.17) is 0 Å². The molecule has 1 N–H and O–H groups in total. The maximum absolute atomic E-state index is 13.3. The number of nitrogens with zero attached hydrogens (tertiary/aromatic N) is 1. The van der Waals surface area contributed by atoms with Crippen LogP contribution in [-0.4, -0.2) is 28.3 Å². The van der Waals surface area contributed by atoms with Gasteiger partial charge in [-0.15, -0.1) is 0 Å².